The van der Waals surface area contributed by atoms with E-state index in [9.17, 15) is 9.18 Å². The third-order valence-electron chi connectivity index (χ3n) is 2.75. The van der Waals surface area contributed by atoms with Crippen LogP contribution in [0.25, 0.3) is 0 Å². The SMILES string of the molecule is CCOC(=O)CN(Cc1cc(Br)ccc1F)C(C)C. The first kappa shape index (κ1) is 16.1. The number of nitrogens with zero attached hydrogens (tertiary/aromatic N) is 1. The fraction of sp³-hybridized carbons (Fsp3) is 0.500. The Morgan fingerprint density at radius 2 is 2.16 bits per heavy atom. The average Bonchev–Trinajstić information content (AvgIpc) is 2.33. The van der Waals surface area contributed by atoms with E-state index in [1.807, 2.05) is 18.7 Å². The van der Waals surface area contributed by atoms with Gasteiger partial charge >= 0.3 is 5.97 Å². The molecular weight excluding hydrogens is 313 g/mol. The summed E-state index contributed by atoms with van der Waals surface area (Å²) in [5.41, 5.74) is 0.562. The number of rotatable bonds is 6. The van der Waals surface area contributed by atoms with Gasteiger partial charge in [-0.25, -0.2) is 4.39 Å². The summed E-state index contributed by atoms with van der Waals surface area (Å²) in [6.45, 7) is 6.60. The standard InChI is InChI=1S/C14H19BrFNO2/c1-4-19-14(18)9-17(10(2)3)8-11-7-12(15)5-6-13(11)16/h5-7,10H,4,8-9H2,1-3H3. The Kier molecular flexibility index (Phi) is 6.45. The Morgan fingerprint density at radius 3 is 2.74 bits per heavy atom. The third kappa shape index (κ3) is 5.28. The summed E-state index contributed by atoms with van der Waals surface area (Å²) in [4.78, 5) is 13.4. The second-order valence-corrected chi connectivity index (χ2v) is 5.46. The minimum Gasteiger partial charge on any atom is -0.465 e. The summed E-state index contributed by atoms with van der Waals surface area (Å²) in [7, 11) is 0. The molecule has 0 saturated heterocycles. The molecule has 0 aromatic heterocycles. The van der Waals surface area contributed by atoms with Gasteiger partial charge in [-0.1, -0.05) is 15.9 Å². The molecule has 3 nitrogen and oxygen atoms in total. The Balaban J connectivity index is 2.78. The van der Waals surface area contributed by atoms with E-state index < -0.39 is 0 Å². The molecule has 0 saturated carbocycles. The molecule has 1 aromatic carbocycles. The van der Waals surface area contributed by atoms with Crippen molar-refractivity contribution in [2.24, 2.45) is 0 Å². The van der Waals surface area contributed by atoms with Crippen LogP contribution < -0.4 is 0 Å². The Labute approximate surface area is 121 Å². The maximum atomic E-state index is 13.7. The molecule has 0 aliphatic carbocycles. The van der Waals surface area contributed by atoms with Gasteiger partial charge in [-0.05, 0) is 39.0 Å². The molecule has 0 atom stereocenters. The van der Waals surface area contributed by atoms with Crippen molar-refractivity contribution in [2.75, 3.05) is 13.2 Å². The van der Waals surface area contributed by atoms with Gasteiger partial charge in [0.15, 0.2) is 0 Å². The fourth-order valence-electron chi connectivity index (χ4n) is 1.68. The van der Waals surface area contributed by atoms with Crippen LogP contribution in [0, 0.1) is 5.82 Å². The van der Waals surface area contributed by atoms with Crippen molar-refractivity contribution in [3.8, 4) is 0 Å². The smallest absolute Gasteiger partial charge is 0.320 e. The number of hydrogen-bond donors (Lipinski definition) is 0. The van der Waals surface area contributed by atoms with Gasteiger partial charge in [0.1, 0.15) is 5.82 Å². The topological polar surface area (TPSA) is 29.5 Å². The van der Waals surface area contributed by atoms with E-state index in [1.54, 1.807) is 19.1 Å². The zero-order valence-corrected chi connectivity index (χ0v) is 13.0. The van der Waals surface area contributed by atoms with Crippen molar-refractivity contribution < 1.29 is 13.9 Å². The summed E-state index contributed by atoms with van der Waals surface area (Å²) < 4.78 is 19.5. The molecule has 19 heavy (non-hydrogen) atoms. The van der Waals surface area contributed by atoms with Crippen molar-refractivity contribution in [3.05, 3.63) is 34.1 Å². The van der Waals surface area contributed by atoms with Gasteiger partial charge in [0.25, 0.3) is 0 Å². The van der Waals surface area contributed by atoms with Crippen molar-refractivity contribution in [2.45, 2.75) is 33.4 Å². The number of halogens is 2. The monoisotopic (exact) mass is 331 g/mol. The van der Waals surface area contributed by atoms with Gasteiger partial charge < -0.3 is 4.74 Å². The molecule has 0 spiro atoms. The van der Waals surface area contributed by atoms with Crippen molar-refractivity contribution in [1.82, 2.24) is 4.90 Å². The summed E-state index contributed by atoms with van der Waals surface area (Å²) in [5.74, 6) is -0.552. The molecule has 0 unspecified atom stereocenters. The van der Waals surface area contributed by atoms with Crippen LogP contribution in [0.5, 0.6) is 0 Å². The van der Waals surface area contributed by atoms with Gasteiger partial charge in [0.2, 0.25) is 0 Å². The van der Waals surface area contributed by atoms with E-state index in [0.29, 0.717) is 18.7 Å². The minimum absolute atomic E-state index is 0.128. The lowest BCUT2D eigenvalue weighted by Gasteiger charge is -2.25. The molecule has 0 heterocycles. The predicted molar refractivity (Wildman–Crippen MR) is 76.3 cm³/mol. The van der Waals surface area contributed by atoms with E-state index in [4.69, 9.17) is 4.74 Å². The van der Waals surface area contributed by atoms with Gasteiger partial charge in [0.05, 0.1) is 13.2 Å². The van der Waals surface area contributed by atoms with Gasteiger partial charge in [-0.2, -0.15) is 0 Å². The van der Waals surface area contributed by atoms with Crippen LogP contribution in [0.2, 0.25) is 0 Å². The molecule has 5 heteroatoms. The highest BCUT2D eigenvalue weighted by Crippen LogP contribution is 2.18. The molecule has 0 fully saturated rings. The Morgan fingerprint density at radius 1 is 1.47 bits per heavy atom. The maximum absolute atomic E-state index is 13.7. The molecule has 0 bridgehead atoms. The van der Waals surface area contributed by atoms with Gasteiger partial charge in [0, 0.05) is 22.6 Å². The Bertz CT molecular complexity index is 437. The second kappa shape index (κ2) is 7.60. The lowest BCUT2D eigenvalue weighted by atomic mass is 10.1. The van der Waals surface area contributed by atoms with E-state index >= 15 is 0 Å². The lowest BCUT2D eigenvalue weighted by molar-refractivity contribution is -0.145. The van der Waals surface area contributed by atoms with E-state index in [-0.39, 0.29) is 24.4 Å². The maximum Gasteiger partial charge on any atom is 0.320 e. The highest BCUT2D eigenvalue weighted by molar-refractivity contribution is 9.10. The normalized spacial score (nSPS) is 11.1. The number of carbonyl (C=O) groups excluding carboxylic acids is 1. The van der Waals surface area contributed by atoms with Crippen LogP contribution in [-0.4, -0.2) is 30.1 Å². The summed E-state index contributed by atoms with van der Waals surface area (Å²) in [6, 6.07) is 4.94. The fourth-order valence-corrected chi connectivity index (χ4v) is 2.09. The quantitative estimate of drug-likeness (QED) is 0.748. The van der Waals surface area contributed by atoms with Crippen LogP contribution in [-0.2, 0) is 16.1 Å². The zero-order valence-electron chi connectivity index (χ0n) is 11.5. The highest BCUT2D eigenvalue weighted by Gasteiger charge is 2.17. The van der Waals surface area contributed by atoms with Crippen molar-refractivity contribution in [3.63, 3.8) is 0 Å². The van der Waals surface area contributed by atoms with E-state index in [1.165, 1.54) is 6.07 Å². The molecule has 106 valence electrons. The molecule has 1 aromatic rings. The lowest BCUT2D eigenvalue weighted by Crippen LogP contribution is -2.36. The molecule has 0 aliphatic heterocycles. The summed E-state index contributed by atoms with van der Waals surface area (Å²) >= 11 is 3.32. The van der Waals surface area contributed by atoms with E-state index in [2.05, 4.69) is 15.9 Å². The predicted octanol–water partition coefficient (Wildman–Crippen LogP) is 3.36. The van der Waals surface area contributed by atoms with E-state index in [0.717, 1.165) is 4.47 Å². The largest absolute Gasteiger partial charge is 0.465 e. The number of hydrogen-bond acceptors (Lipinski definition) is 3. The minimum atomic E-state index is -0.286. The third-order valence-corrected chi connectivity index (χ3v) is 3.24. The highest BCUT2D eigenvalue weighted by atomic mass is 79.9. The summed E-state index contributed by atoms with van der Waals surface area (Å²) in [5, 5.41) is 0. The molecule has 0 amide bonds. The molecule has 0 aliphatic rings. The number of carbonyl (C=O) groups is 1. The zero-order chi connectivity index (χ0) is 14.4. The van der Waals surface area contributed by atoms with Crippen molar-refractivity contribution >= 4 is 21.9 Å². The van der Waals surface area contributed by atoms with Crippen LogP contribution >= 0.6 is 15.9 Å². The van der Waals surface area contributed by atoms with Crippen LogP contribution in [0.4, 0.5) is 4.39 Å². The second-order valence-electron chi connectivity index (χ2n) is 4.54. The first-order valence-electron chi connectivity index (χ1n) is 6.27. The van der Waals surface area contributed by atoms with Crippen LogP contribution in [0.3, 0.4) is 0 Å². The average molecular weight is 332 g/mol. The summed E-state index contributed by atoms with van der Waals surface area (Å²) in [6.07, 6.45) is 0. The molecular formula is C14H19BrFNO2. The van der Waals surface area contributed by atoms with Gasteiger partial charge in [-0.3, -0.25) is 9.69 Å². The molecule has 0 radical (unpaired) electrons. The molecule has 1 rings (SSSR count). The first-order chi connectivity index (χ1) is 8.93. The van der Waals surface area contributed by atoms with Crippen LogP contribution in [0.15, 0.2) is 22.7 Å². The molecule has 0 N–H and O–H groups in total. The van der Waals surface area contributed by atoms with Crippen LogP contribution in [0.1, 0.15) is 26.3 Å². The first-order valence-corrected chi connectivity index (χ1v) is 7.07. The van der Waals surface area contributed by atoms with Crippen molar-refractivity contribution in [1.29, 1.82) is 0 Å². The Hall–Kier alpha value is -0.940. The number of ether oxygens (including phenoxy) is 1. The van der Waals surface area contributed by atoms with Gasteiger partial charge in [-0.15, -0.1) is 0 Å². The number of benzene rings is 1. The number of esters is 1.